The minimum absolute atomic E-state index is 0.0734. The number of aromatic carboxylic acids is 2. The fourth-order valence-electron chi connectivity index (χ4n) is 6.80. The van der Waals surface area contributed by atoms with Crippen LogP contribution in [0.15, 0.2) is 98.1 Å². The summed E-state index contributed by atoms with van der Waals surface area (Å²) in [5, 5.41) is 20.5. The molecule has 6 rings (SSSR count). The molecule has 2 aliphatic rings. The second-order valence-electron chi connectivity index (χ2n) is 12.6. The van der Waals surface area contributed by atoms with Crippen LogP contribution in [-0.4, -0.2) is 85.7 Å². The zero-order valence-corrected chi connectivity index (χ0v) is 30.8. The number of rotatable bonds is 14. The van der Waals surface area contributed by atoms with Crippen LogP contribution in [-0.2, 0) is 19.1 Å². The van der Waals surface area contributed by atoms with Gasteiger partial charge in [0.25, 0.3) is 0 Å². The van der Waals surface area contributed by atoms with Crippen LogP contribution in [0.3, 0.4) is 0 Å². The molecule has 16 nitrogen and oxygen atoms in total. The van der Waals surface area contributed by atoms with Crippen LogP contribution >= 0.6 is 0 Å². The summed E-state index contributed by atoms with van der Waals surface area (Å²) in [5.41, 5.74) is 0.0103. The van der Waals surface area contributed by atoms with Gasteiger partial charge in [-0.15, -0.1) is 0 Å². The summed E-state index contributed by atoms with van der Waals surface area (Å²) < 4.78 is 45.2. The van der Waals surface area contributed by atoms with Crippen LogP contribution in [0.1, 0.15) is 64.4 Å². The zero-order chi connectivity index (χ0) is 41.7. The van der Waals surface area contributed by atoms with Gasteiger partial charge in [0, 0.05) is 35.1 Å². The number of carbonyl (C=O) groups excluding carboxylic acids is 4. The predicted octanol–water partition coefficient (Wildman–Crippen LogP) is 5.39. The monoisotopic (exact) mass is 794 g/mol. The highest BCUT2D eigenvalue weighted by molar-refractivity contribution is 5.95. The number of benzene rings is 4. The molecule has 2 N–H and O–H groups in total. The van der Waals surface area contributed by atoms with E-state index < -0.39 is 59.9 Å². The van der Waals surface area contributed by atoms with Crippen molar-refractivity contribution in [2.75, 3.05) is 27.4 Å². The fraction of sp³-hybridized carbons (Fsp3) is 0.190. The van der Waals surface area contributed by atoms with E-state index in [-0.39, 0.29) is 81.1 Å². The van der Waals surface area contributed by atoms with E-state index in [2.05, 4.69) is 13.2 Å². The highest BCUT2D eigenvalue weighted by Gasteiger charge is 2.52. The minimum Gasteiger partial charge on any atom is -0.493 e. The van der Waals surface area contributed by atoms with E-state index in [9.17, 15) is 39.0 Å². The normalized spacial score (nSPS) is 17.9. The third-order valence-electron chi connectivity index (χ3n) is 9.34. The Kier molecular flexibility index (Phi) is 12.0. The number of ether oxygens (including phenoxy) is 8. The second-order valence-corrected chi connectivity index (χ2v) is 12.6. The van der Waals surface area contributed by atoms with Crippen molar-refractivity contribution in [3.8, 4) is 34.5 Å². The molecule has 0 spiro atoms. The third kappa shape index (κ3) is 8.14. The standard InChI is InChI=1S/C42H34O16/c1-5-31(43)55-23-11-7-21(8-12-23)41(49)57-29-17-15-25(39(45)46)33(37(29)51-3)27-19-53-36-28(20-54-35(27)36)34-26(40(47)48)16-18-30(38(34)52-4)58-42(50)22-9-13-24(14-10-22)56-32(44)6-2/h5-18,27-28,35-36H,1-2,19-20H2,3-4H3,(H,45,46)(H,47,48)/t27-,28-,35+,36+/m0/s1. The summed E-state index contributed by atoms with van der Waals surface area (Å²) in [6.45, 7) is 6.45. The largest absolute Gasteiger partial charge is 0.493 e. The van der Waals surface area contributed by atoms with E-state index in [0.29, 0.717) is 0 Å². The third-order valence-corrected chi connectivity index (χ3v) is 9.34. The molecule has 4 atom stereocenters. The van der Waals surface area contributed by atoms with Crippen molar-refractivity contribution in [1.29, 1.82) is 0 Å². The molecule has 4 aromatic carbocycles. The zero-order valence-electron chi connectivity index (χ0n) is 30.8. The number of hydrogen-bond acceptors (Lipinski definition) is 14. The quantitative estimate of drug-likeness (QED) is 0.0930. The summed E-state index contributed by atoms with van der Waals surface area (Å²) in [6.07, 6.45) is 0.251. The van der Waals surface area contributed by atoms with Gasteiger partial charge in [0.05, 0.1) is 61.9 Å². The lowest BCUT2D eigenvalue weighted by Gasteiger charge is -2.23. The maximum absolute atomic E-state index is 13.2. The van der Waals surface area contributed by atoms with Crippen LogP contribution in [0.25, 0.3) is 0 Å². The van der Waals surface area contributed by atoms with Gasteiger partial charge in [-0.3, -0.25) is 0 Å². The molecule has 58 heavy (non-hydrogen) atoms. The summed E-state index contributed by atoms with van der Waals surface area (Å²) in [5.74, 6) is -7.33. The SMILES string of the molecule is C=CC(=O)Oc1ccc(C(=O)Oc2ccc(C(=O)O)c([C@@H]3CO[C@H]4[C@@H]3OC[C@H]4c3c(C(=O)O)ccc(OC(=O)c4ccc(OC(=O)C=C)cc4)c3OC)c2OC)cc1. The molecule has 0 aromatic heterocycles. The Morgan fingerprint density at radius 2 is 0.931 bits per heavy atom. The van der Waals surface area contributed by atoms with Gasteiger partial charge in [-0.1, -0.05) is 13.2 Å². The molecule has 0 amide bonds. The molecule has 0 radical (unpaired) electrons. The first-order chi connectivity index (χ1) is 27.9. The molecule has 0 aliphatic carbocycles. The fourth-order valence-corrected chi connectivity index (χ4v) is 6.80. The Morgan fingerprint density at radius 1 is 0.569 bits per heavy atom. The maximum Gasteiger partial charge on any atom is 0.343 e. The first-order valence-electron chi connectivity index (χ1n) is 17.3. The van der Waals surface area contributed by atoms with Crippen molar-refractivity contribution >= 4 is 35.8 Å². The average molecular weight is 795 g/mol. The Morgan fingerprint density at radius 3 is 1.24 bits per heavy atom. The molecular formula is C42H34O16. The first-order valence-corrected chi connectivity index (χ1v) is 17.3. The van der Waals surface area contributed by atoms with Gasteiger partial charge in [-0.25, -0.2) is 28.8 Å². The number of carboxylic acids is 2. The van der Waals surface area contributed by atoms with Crippen molar-refractivity contribution in [2.45, 2.75) is 24.0 Å². The Labute approximate surface area is 329 Å². The number of hydrogen-bond donors (Lipinski definition) is 2. The molecule has 0 unspecified atom stereocenters. The minimum atomic E-state index is -1.31. The van der Waals surface area contributed by atoms with Crippen molar-refractivity contribution in [1.82, 2.24) is 0 Å². The van der Waals surface area contributed by atoms with E-state index in [1.807, 2.05) is 0 Å². The molecule has 0 saturated carbocycles. The van der Waals surface area contributed by atoms with Gasteiger partial charge in [-0.2, -0.15) is 0 Å². The number of fused-ring (bicyclic) bond motifs is 1. The van der Waals surface area contributed by atoms with Crippen LogP contribution in [0.4, 0.5) is 0 Å². The lowest BCUT2D eigenvalue weighted by molar-refractivity contribution is -0.129. The lowest BCUT2D eigenvalue weighted by Crippen LogP contribution is -2.27. The maximum atomic E-state index is 13.2. The van der Waals surface area contributed by atoms with Crippen LogP contribution in [0.5, 0.6) is 34.5 Å². The van der Waals surface area contributed by atoms with Crippen molar-refractivity contribution in [3.63, 3.8) is 0 Å². The van der Waals surface area contributed by atoms with Crippen molar-refractivity contribution in [3.05, 3.63) is 131 Å². The molecule has 0 bridgehead atoms. The lowest BCUT2D eigenvalue weighted by atomic mass is 9.84. The van der Waals surface area contributed by atoms with E-state index in [4.69, 9.17) is 37.9 Å². The van der Waals surface area contributed by atoms with E-state index in [1.165, 1.54) is 87.0 Å². The molecule has 2 saturated heterocycles. The second kappa shape index (κ2) is 17.2. The van der Waals surface area contributed by atoms with Gasteiger partial charge in [0.2, 0.25) is 0 Å². The van der Waals surface area contributed by atoms with Crippen LogP contribution in [0.2, 0.25) is 0 Å². The molecule has 298 valence electrons. The summed E-state index contributed by atoms with van der Waals surface area (Å²) in [4.78, 5) is 74.6. The van der Waals surface area contributed by atoms with Gasteiger partial charge >= 0.3 is 35.8 Å². The number of esters is 4. The Balaban J connectivity index is 1.29. The first kappa shape index (κ1) is 40.4. The van der Waals surface area contributed by atoms with E-state index >= 15 is 0 Å². The molecule has 16 heteroatoms. The van der Waals surface area contributed by atoms with Crippen molar-refractivity contribution < 1.29 is 76.9 Å². The Hall–Kier alpha value is -7.30. The van der Waals surface area contributed by atoms with E-state index in [0.717, 1.165) is 12.2 Å². The molecule has 2 heterocycles. The average Bonchev–Trinajstić information content (AvgIpc) is 3.83. The van der Waals surface area contributed by atoms with E-state index in [1.54, 1.807) is 0 Å². The summed E-state index contributed by atoms with van der Waals surface area (Å²) in [6, 6.07) is 16.1. The molecular weight excluding hydrogens is 760 g/mol. The molecule has 2 aliphatic heterocycles. The summed E-state index contributed by atoms with van der Waals surface area (Å²) >= 11 is 0. The molecule has 4 aromatic rings. The van der Waals surface area contributed by atoms with Gasteiger partial charge in [-0.05, 0) is 72.8 Å². The smallest absolute Gasteiger partial charge is 0.343 e. The Bertz CT molecular complexity index is 2150. The topological polar surface area (TPSA) is 217 Å². The van der Waals surface area contributed by atoms with Gasteiger partial charge in [0.1, 0.15) is 11.5 Å². The van der Waals surface area contributed by atoms with Crippen molar-refractivity contribution in [2.24, 2.45) is 0 Å². The number of methoxy groups -OCH3 is 2. The van der Waals surface area contributed by atoms with Gasteiger partial charge < -0.3 is 48.1 Å². The number of carbonyl (C=O) groups is 6. The number of carboxylic acid groups (broad SMARTS) is 2. The highest BCUT2D eigenvalue weighted by Crippen LogP contribution is 2.51. The van der Waals surface area contributed by atoms with Gasteiger partial charge in [0.15, 0.2) is 23.0 Å². The predicted molar refractivity (Wildman–Crippen MR) is 199 cm³/mol. The van der Waals surface area contributed by atoms with Crippen LogP contribution in [0, 0.1) is 0 Å². The highest BCUT2D eigenvalue weighted by atomic mass is 16.6. The molecule has 2 fully saturated rings. The van der Waals surface area contributed by atoms with Crippen LogP contribution < -0.4 is 28.4 Å². The summed E-state index contributed by atoms with van der Waals surface area (Å²) in [7, 11) is 2.55.